The fraction of sp³-hybridized carbons (Fsp3) is 0.208. The van der Waals surface area contributed by atoms with Gasteiger partial charge in [-0.2, -0.15) is 0 Å². The van der Waals surface area contributed by atoms with E-state index in [0.717, 1.165) is 37.1 Å². The third-order valence-corrected chi connectivity index (χ3v) is 5.56. The van der Waals surface area contributed by atoms with Crippen LogP contribution in [-0.2, 0) is 19.6 Å². The van der Waals surface area contributed by atoms with Crippen molar-refractivity contribution in [3.8, 4) is 11.4 Å². The highest BCUT2D eigenvalue weighted by Gasteiger charge is 2.12. The molecule has 1 N–H and O–H groups in total. The van der Waals surface area contributed by atoms with Crippen LogP contribution in [0.15, 0.2) is 71.7 Å². The first-order chi connectivity index (χ1) is 14.7. The van der Waals surface area contributed by atoms with Gasteiger partial charge in [0.05, 0.1) is 0 Å². The van der Waals surface area contributed by atoms with Crippen LogP contribution in [0.1, 0.15) is 11.3 Å². The quantitative estimate of drug-likeness (QED) is 0.566. The Bertz CT molecular complexity index is 1280. The van der Waals surface area contributed by atoms with Crippen molar-refractivity contribution in [2.24, 2.45) is 0 Å². The van der Waals surface area contributed by atoms with E-state index in [-0.39, 0.29) is 18.0 Å². The number of nitrogens with zero attached hydrogens (tertiary/aromatic N) is 2. The van der Waals surface area contributed by atoms with Gasteiger partial charge < -0.3 is 14.6 Å². The summed E-state index contributed by atoms with van der Waals surface area (Å²) in [5.41, 5.74) is 3.58. The Morgan fingerprint density at radius 1 is 1.03 bits per heavy atom. The molecule has 0 atom stereocenters. The number of aromatic nitrogens is 2. The Hall–Kier alpha value is -3.38. The van der Waals surface area contributed by atoms with Crippen molar-refractivity contribution in [2.75, 3.05) is 13.1 Å². The zero-order valence-electron chi connectivity index (χ0n) is 16.5. The maximum absolute atomic E-state index is 13.7. The van der Waals surface area contributed by atoms with Crippen molar-refractivity contribution in [3.63, 3.8) is 0 Å². The van der Waals surface area contributed by atoms with Gasteiger partial charge in [0.15, 0.2) is 0 Å². The second-order valence-electron chi connectivity index (χ2n) is 7.48. The van der Waals surface area contributed by atoms with Crippen LogP contribution < -0.4 is 15.6 Å². The van der Waals surface area contributed by atoms with Crippen molar-refractivity contribution in [1.82, 2.24) is 14.5 Å². The van der Waals surface area contributed by atoms with Gasteiger partial charge in [-0.15, -0.1) is 0 Å². The summed E-state index contributed by atoms with van der Waals surface area (Å²) in [6, 6.07) is 17.9. The third kappa shape index (κ3) is 3.50. The van der Waals surface area contributed by atoms with Gasteiger partial charge in [-0.1, -0.05) is 18.2 Å². The Morgan fingerprint density at radius 2 is 1.93 bits per heavy atom. The molecule has 0 bridgehead atoms. The molecule has 0 spiro atoms. The highest BCUT2D eigenvalue weighted by Crippen LogP contribution is 2.24. The van der Waals surface area contributed by atoms with E-state index >= 15 is 0 Å². The molecule has 0 unspecified atom stereocenters. The van der Waals surface area contributed by atoms with Crippen molar-refractivity contribution in [2.45, 2.75) is 19.6 Å². The first-order valence-corrected chi connectivity index (χ1v) is 10.1. The maximum atomic E-state index is 13.7. The van der Waals surface area contributed by atoms with Crippen LogP contribution in [0.3, 0.4) is 0 Å². The SMILES string of the molecule is O=c1cc(OCc2ccccc2F)ccn1-c1ccc2c(c1)cc1n2CCNCC1. The average Bonchev–Trinajstić information content (AvgIpc) is 2.93. The summed E-state index contributed by atoms with van der Waals surface area (Å²) >= 11 is 0. The Balaban J connectivity index is 1.41. The molecule has 0 aliphatic carbocycles. The summed E-state index contributed by atoms with van der Waals surface area (Å²) in [7, 11) is 0. The Labute approximate surface area is 173 Å². The van der Waals surface area contributed by atoms with Crippen LogP contribution in [0.25, 0.3) is 16.6 Å². The minimum absolute atomic E-state index is 0.0766. The molecule has 0 amide bonds. The molecule has 2 aromatic heterocycles. The molecule has 5 nitrogen and oxygen atoms in total. The lowest BCUT2D eigenvalue weighted by Crippen LogP contribution is -2.17. The molecule has 6 heteroatoms. The van der Waals surface area contributed by atoms with Crippen LogP contribution in [-0.4, -0.2) is 22.2 Å². The number of nitrogens with one attached hydrogen (secondary N) is 1. The summed E-state index contributed by atoms with van der Waals surface area (Å²) in [6.07, 6.45) is 2.70. The summed E-state index contributed by atoms with van der Waals surface area (Å²) in [4.78, 5) is 12.7. The average molecular weight is 403 g/mol. The topological polar surface area (TPSA) is 48.2 Å². The van der Waals surface area contributed by atoms with Gasteiger partial charge in [0, 0.05) is 66.2 Å². The molecule has 30 heavy (non-hydrogen) atoms. The van der Waals surface area contributed by atoms with Crippen molar-refractivity contribution < 1.29 is 9.13 Å². The monoisotopic (exact) mass is 403 g/mol. The smallest absolute Gasteiger partial charge is 0.258 e. The van der Waals surface area contributed by atoms with Gasteiger partial charge in [0.2, 0.25) is 0 Å². The number of benzene rings is 2. The number of fused-ring (bicyclic) bond motifs is 3. The zero-order valence-corrected chi connectivity index (χ0v) is 16.5. The Morgan fingerprint density at radius 3 is 2.80 bits per heavy atom. The number of rotatable bonds is 4. The fourth-order valence-corrected chi connectivity index (χ4v) is 4.01. The van der Waals surface area contributed by atoms with Crippen LogP contribution in [0, 0.1) is 5.82 Å². The van der Waals surface area contributed by atoms with E-state index in [4.69, 9.17) is 4.74 Å². The standard InChI is InChI=1S/C24H22FN3O2/c25-22-4-2-1-3-17(22)16-30-21-8-11-28(24(29)15-21)19-5-6-23-18(13-19)14-20-7-9-26-10-12-27(20)23/h1-6,8,11,13-15,26H,7,9-10,12,16H2. The number of hydrogen-bond donors (Lipinski definition) is 1. The predicted molar refractivity (Wildman–Crippen MR) is 115 cm³/mol. The molecule has 0 saturated carbocycles. The lowest BCUT2D eigenvalue weighted by molar-refractivity contribution is 0.299. The van der Waals surface area contributed by atoms with E-state index in [9.17, 15) is 9.18 Å². The van der Waals surface area contributed by atoms with E-state index in [0.29, 0.717) is 11.3 Å². The van der Waals surface area contributed by atoms with E-state index in [1.807, 2.05) is 12.1 Å². The molecule has 152 valence electrons. The number of pyridine rings is 1. The van der Waals surface area contributed by atoms with E-state index in [1.54, 1.807) is 35.0 Å². The minimum Gasteiger partial charge on any atom is -0.489 e. The molecule has 1 aliphatic rings. The van der Waals surface area contributed by atoms with Gasteiger partial charge in [-0.25, -0.2) is 4.39 Å². The summed E-state index contributed by atoms with van der Waals surface area (Å²) < 4.78 is 23.3. The summed E-state index contributed by atoms with van der Waals surface area (Å²) in [5, 5.41) is 4.56. The molecule has 0 fully saturated rings. The molecule has 2 aromatic carbocycles. The number of ether oxygens (including phenoxy) is 1. The van der Waals surface area contributed by atoms with Crippen LogP contribution in [0.5, 0.6) is 5.75 Å². The van der Waals surface area contributed by atoms with Crippen molar-refractivity contribution in [1.29, 1.82) is 0 Å². The van der Waals surface area contributed by atoms with Gasteiger partial charge in [-0.05, 0) is 36.4 Å². The number of halogens is 1. The minimum atomic E-state index is -0.319. The molecule has 4 aromatic rings. The molecular weight excluding hydrogens is 381 g/mol. The number of hydrogen-bond acceptors (Lipinski definition) is 3. The molecule has 0 saturated heterocycles. The van der Waals surface area contributed by atoms with Crippen molar-refractivity contribution in [3.05, 3.63) is 94.3 Å². The lowest BCUT2D eigenvalue weighted by Gasteiger charge is -2.10. The predicted octanol–water partition coefficient (Wildman–Crippen LogP) is 3.66. The second kappa shape index (κ2) is 7.80. The van der Waals surface area contributed by atoms with Gasteiger partial charge in [0.1, 0.15) is 18.2 Å². The van der Waals surface area contributed by atoms with Gasteiger partial charge in [0.25, 0.3) is 5.56 Å². The first kappa shape index (κ1) is 18.6. The van der Waals surface area contributed by atoms with E-state index in [1.165, 1.54) is 23.3 Å². The Kier molecular flexibility index (Phi) is 4.85. The third-order valence-electron chi connectivity index (χ3n) is 5.56. The molecular formula is C24H22FN3O2. The van der Waals surface area contributed by atoms with Gasteiger partial charge in [-0.3, -0.25) is 9.36 Å². The first-order valence-electron chi connectivity index (χ1n) is 10.1. The zero-order chi connectivity index (χ0) is 20.5. The highest BCUT2D eigenvalue weighted by molar-refractivity contribution is 5.83. The van der Waals surface area contributed by atoms with Gasteiger partial charge >= 0.3 is 0 Å². The molecule has 1 aliphatic heterocycles. The van der Waals surface area contributed by atoms with E-state index in [2.05, 4.69) is 22.0 Å². The molecule has 0 radical (unpaired) electrons. The largest absolute Gasteiger partial charge is 0.489 e. The van der Waals surface area contributed by atoms with Crippen LogP contribution in [0.2, 0.25) is 0 Å². The molecule has 5 rings (SSSR count). The van der Waals surface area contributed by atoms with Crippen LogP contribution in [0.4, 0.5) is 4.39 Å². The normalized spacial score (nSPS) is 13.8. The van der Waals surface area contributed by atoms with Crippen LogP contribution >= 0.6 is 0 Å². The summed E-state index contributed by atoms with van der Waals surface area (Å²) in [5.74, 6) is 0.101. The maximum Gasteiger partial charge on any atom is 0.258 e. The van der Waals surface area contributed by atoms with E-state index < -0.39 is 0 Å². The second-order valence-corrected chi connectivity index (χ2v) is 7.48. The molecule has 3 heterocycles. The summed E-state index contributed by atoms with van der Waals surface area (Å²) in [6.45, 7) is 2.97. The highest BCUT2D eigenvalue weighted by atomic mass is 19.1. The fourth-order valence-electron chi connectivity index (χ4n) is 4.01. The lowest BCUT2D eigenvalue weighted by atomic mass is 10.2. The van der Waals surface area contributed by atoms with Crippen molar-refractivity contribution >= 4 is 10.9 Å².